The number of hydrogen-bond donors (Lipinski definition) is 0. The third kappa shape index (κ3) is 3.42. The molecule has 1 saturated heterocycles. The molecule has 5 heteroatoms. The highest BCUT2D eigenvalue weighted by molar-refractivity contribution is 5.44. The molecule has 21 heavy (non-hydrogen) atoms. The lowest BCUT2D eigenvalue weighted by Crippen LogP contribution is -2.45. The molecule has 1 fully saturated rings. The Balaban J connectivity index is 1.54. The van der Waals surface area contributed by atoms with E-state index >= 15 is 0 Å². The summed E-state index contributed by atoms with van der Waals surface area (Å²) in [7, 11) is 0. The molecule has 112 valence electrons. The van der Waals surface area contributed by atoms with Crippen molar-refractivity contribution in [2.45, 2.75) is 26.4 Å². The minimum absolute atomic E-state index is 0.432. The van der Waals surface area contributed by atoms with Crippen molar-refractivity contribution < 1.29 is 0 Å². The lowest BCUT2D eigenvalue weighted by atomic mass is 10.2. The highest BCUT2D eigenvalue weighted by atomic mass is 15.3. The molecule has 1 aliphatic heterocycles. The average Bonchev–Trinajstić information content (AvgIpc) is 2.98. The Morgan fingerprint density at radius 3 is 2.57 bits per heavy atom. The summed E-state index contributed by atoms with van der Waals surface area (Å²) in [6, 6.07) is 4.57. The van der Waals surface area contributed by atoms with E-state index in [0.29, 0.717) is 6.04 Å². The molecule has 0 N–H and O–H groups in total. The molecule has 3 heterocycles. The first-order valence-electron chi connectivity index (χ1n) is 7.63. The monoisotopic (exact) mass is 285 g/mol. The molecule has 0 spiro atoms. The van der Waals surface area contributed by atoms with E-state index in [1.165, 1.54) is 11.3 Å². The van der Waals surface area contributed by atoms with Gasteiger partial charge in [0.25, 0.3) is 0 Å². The second kappa shape index (κ2) is 6.26. The van der Waals surface area contributed by atoms with Crippen LogP contribution in [0.15, 0.2) is 36.9 Å². The SMILES string of the molecule is CC(C)n1cc(CN2CCN(c3cccnc3)CC2)cn1. The molecule has 1 aliphatic rings. The Hall–Kier alpha value is -1.88. The molecule has 2 aromatic rings. The Kier molecular flexibility index (Phi) is 4.20. The van der Waals surface area contributed by atoms with Gasteiger partial charge in [-0.2, -0.15) is 5.10 Å². The number of nitrogens with zero attached hydrogens (tertiary/aromatic N) is 5. The van der Waals surface area contributed by atoms with Crippen molar-refractivity contribution >= 4 is 5.69 Å². The number of rotatable bonds is 4. The zero-order valence-electron chi connectivity index (χ0n) is 12.8. The molecular weight excluding hydrogens is 262 g/mol. The molecule has 0 aromatic carbocycles. The summed E-state index contributed by atoms with van der Waals surface area (Å²) in [6.07, 6.45) is 7.93. The first-order chi connectivity index (χ1) is 10.2. The largest absolute Gasteiger partial charge is 0.368 e. The minimum Gasteiger partial charge on any atom is -0.368 e. The van der Waals surface area contributed by atoms with E-state index < -0.39 is 0 Å². The number of anilines is 1. The molecule has 3 rings (SSSR count). The molecular formula is C16H23N5. The molecule has 0 atom stereocenters. The van der Waals surface area contributed by atoms with Crippen LogP contribution >= 0.6 is 0 Å². The van der Waals surface area contributed by atoms with Crippen LogP contribution in [0.1, 0.15) is 25.5 Å². The highest BCUT2D eigenvalue weighted by Gasteiger charge is 2.17. The van der Waals surface area contributed by atoms with Crippen LogP contribution in [0.4, 0.5) is 5.69 Å². The van der Waals surface area contributed by atoms with Crippen LogP contribution in [0.3, 0.4) is 0 Å². The van der Waals surface area contributed by atoms with Crippen molar-refractivity contribution in [3.63, 3.8) is 0 Å². The Bertz CT molecular complexity index is 555. The van der Waals surface area contributed by atoms with Gasteiger partial charge in [0.15, 0.2) is 0 Å². The van der Waals surface area contributed by atoms with Gasteiger partial charge in [-0.05, 0) is 26.0 Å². The first kappa shape index (κ1) is 14.1. The van der Waals surface area contributed by atoms with Gasteiger partial charge < -0.3 is 4.90 Å². The first-order valence-corrected chi connectivity index (χ1v) is 7.63. The van der Waals surface area contributed by atoms with Gasteiger partial charge >= 0.3 is 0 Å². The normalized spacial score (nSPS) is 16.6. The summed E-state index contributed by atoms with van der Waals surface area (Å²) in [5.74, 6) is 0. The second-order valence-corrected chi connectivity index (χ2v) is 5.90. The summed E-state index contributed by atoms with van der Waals surface area (Å²) in [4.78, 5) is 9.10. The fourth-order valence-electron chi connectivity index (χ4n) is 2.70. The summed E-state index contributed by atoms with van der Waals surface area (Å²) < 4.78 is 2.03. The molecule has 0 radical (unpaired) electrons. The van der Waals surface area contributed by atoms with Gasteiger partial charge in [0.05, 0.1) is 18.1 Å². The van der Waals surface area contributed by atoms with Gasteiger partial charge in [0, 0.05) is 56.7 Å². The van der Waals surface area contributed by atoms with Gasteiger partial charge in [-0.15, -0.1) is 0 Å². The van der Waals surface area contributed by atoms with Gasteiger partial charge in [-0.1, -0.05) is 0 Å². The van der Waals surface area contributed by atoms with Crippen molar-refractivity contribution in [1.82, 2.24) is 19.7 Å². The van der Waals surface area contributed by atoms with Crippen LogP contribution in [0.25, 0.3) is 0 Å². The van der Waals surface area contributed by atoms with Crippen LogP contribution in [0, 0.1) is 0 Å². The number of aromatic nitrogens is 3. The van der Waals surface area contributed by atoms with E-state index in [-0.39, 0.29) is 0 Å². The topological polar surface area (TPSA) is 37.2 Å². The standard InChI is InChI=1S/C16H23N5/c1-14(2)21-13-15(10-18-21)12-19-6-8-20(9-7-19)16-4-3-5-17-11-16/h3-5,10-11,13-14H,6-9,12H2,1-2H3. The van der Waals surface area contributed by atoms with Crippen LogP contribution < -0.4 is 4.90 Å². The minimum atomic E-state index is 0.432. The van der Waals surface area contributed by atoms with Gasteiger partial charge in [-0.3, -0.25) is 14.6 Å². The van der Waals surface area contributed by atoms with Crippen molar-refractivity contribution in [2.75, 3.05) is 31.1 Å². The predicted molar refractivity (Wildman–Crippen MR) is 84.3 cm³/mol. The third-order valence-electron chi connectivity index (χ3n) is 3.97. The quantitative estimate of drug-likeness (QED) is 0.863. The highest BCUT2D eigenvalue weighted by Crippen LogP contribution is 2.16. The molecule has 0 unspecified atom stereocenters. The predicted octanol–water partition coefficient (Wildman–Crippen LogP) is 2.18. The molecule has 0 aliphatic carbocycles. The van der Waals surface area contributed by atoms with Crippen LogP contribution in [0.2, 0.25) is 0 Å². The van der Waals surface area contributed by atoms with Crippen LogP contribution in [-0.2, 0) is 6.54 Å². The van der Waals surface area contributed by atoms with E-state index in [1.807, 2.05) is 29.3 Å². The second-order valence-electron chi connectivity index (χ2n) is 5.90. The zero-order chi connectivity index (χ0) is 14.7. The van der Waals surface area contributed by atoms with Crippen molar-refractivity contribution in [1.29, 1.82) is 0 Å². The Morgan fingerprint density at radius 1 is 1.14 bits per heavy atom. The van der Waals surface area contributed by atoms with E-state index in [9.17, 15) is 0 Å². The number of piperazine rings is 1. The molecule has 2 aromatic heterocycles. The van der Waals surface area contributed by atoms with Crippen LogP contribution in [-0.4, -0.2) is 45.8 Å². The maximum Gasteiger partial charge on any atom is 0.0553 e. The van der Waals surface area contributed by atoms with E-state index in [1.54, 1.807) is 0 Å². The fraction of sp³-hybridized carbons (Fsp3) is 0.500. The zero-order valence-corrected chi connectivity index (χ0v) is 12.8. The van der Waals surface area contributed by atoms with Crippen molar-refractivity contribution in [3.05, 3.63) is 42.5 Å². The summed E-state index contributed by atoms with van der Waals surface area (Å²) in [6.45, 7) is 9.60. The van der Waals surface area contributed by atoms with E-state index in [0.717, 1.165) is 32.7 Å². The maximum atomic E-state index is 4.42. The number of pyridine rings is 1. The van der Waals surface area contributed by atoms with Crippen molar-refractivity contribution in [3.8, 4) is 0 Å². The summed E-state index contributed by atoms with van der Waals surface area (Å²) in [5.41, 5.74) is 2.53. The van der Waals surface area contributed by atoms with E-state index in [2.05, 4.69) is 46.0 Å². The lowest BCUT2D eigenvalue weighted by Gasteiger charge is -2.35. The Labute approximate surface area is 126 Å². The molecule has 0 saturated carbocycles. The van der Waals surface area contributed by atoms with Crippen LogP contribution in [0.5, 0.6) is 0 Å². The fourth-order valence-corrected chi connectivity index (χ4v) is 2.70. The van der Waals surface area contributed by atoms with Gasteiger partial charge in [0.2, 0.25) is 0 Å². The third-order valence-corrected chi connectivity index (χ3v) is 3.97. The van der Waals surface area contributed by atoms with Crippen molar-refractivity contribution in [2.24, 2.45) is 0 Å². The average molecular weight is 285 g/mol. The molecule has 0 amide bonds. The van der Waals surface area contributed by atoms with Gasteiger partial charge in [-0.25, -0.2) is 0 Å². The number of hydrogen-bond acceptors (Lipinski definition) is 4. The molecule has 0 bridgehead atoms. The Morgan fingerprint density at radius 2 is 1.95 bits per heavy atom. The lowest BCUT2D eigenvalue weighted by molar-refractivity contribution is 0.249. The van der Waals surface area contributed by atoms with Gasteiger partial charge in [0.1, 0.15) is 0 Å². The summed E-state index contributed by atoms with van der Waals surface area (Å²) in [5, 5.41) is 4.42. The summed E-state index contributed by atoms with van der Waals surface area (Å²) >= 11 is 0. The maximum absolute atomic E-state index is 4.42. The smallest absolute Gasteiger partial charge is 0.0553 e. The molecule has 5 nitrogen and oxygen atoms in total. The van der Waals surface area contributed by atoms with E-state index in [4.69, 9.17) is 0 Å².